The van der Waals surface area contributed by atoms with Crippen LogP contribution in [0.5, 0.6) is 0 Å². The van der Waals surface area contributed by atoms with E-state index in [1.54, 1.807) is 0 Å². The number of hydrogen-bond acceptors (Lipinski definition) is 3. The summed E-state index contributed by atoms with van der Waals surface area (Å²) in [6.45, 7) is 22.2. The molecule has 0 aromatic heterocycles. The van der Waals surface area contributed by atoms with Gasteiger partial charge in [-0.2, -0.15) is 35.4 Å². The van der Waals surface area contributed by atoms with Crippen LogP contribution in [0.15, 0.2) is 28.4 Å². The second-order valence-corrected chi connectivity index (χ2v) is 9.16. The molecule has 0 spiro atoms. The number of hydrogen-bond donors (Lipinski definition) is 0. The molecule has 0 heterocycles. The maximum atomic E-state index is 10.7. The van der Waals surface area contributed by atoms with Crippen molar-refractivity contribution in [2.24, 2.45) is 5.41 Å². The molecule has 29 heavy (non-hydrogen) atoms. The molecule has 169 valence electrons. The van der Waals surface area contributed by atoms with Crippen molar-refractivity contribution in [2.45, 2.75) is 74.7 Å². The van der Waals surface area contributed by atoms with E-state index < -0.39 is 15.6 Å². The molecule has 0 saturated carbocycles. The Morgan fingerprint density at radius 1 is 0.931 bits per heavy atom. The van der Waals surface area contributed by atoms with Gasteiger partial charge >= 0.3 is 22.3 Å². The molecule has 0 bridgehead atoms. The number of halogens is 3. The van der Waals surface area contributed by atoms with E-state index in [1.807, 2.05) is 0 Å². The van der Waals surface area contributed by atoms with Gasteiger partial charge in [-0.15, -0.1) is 0 Å². The van der Waals surface area contributed by atoms with Crippen LogP contribution in [0.3, 0.4) is 0 Å². The Balaban J connectivity index is 0. The predicted octanol–water partition coefficient (Wildman–Crippen LogP) is 6.39. The van der Waals surface area contributed by atoms with E-state index in [0.717, 1.165) is 0 Å². The molecule has 0 amide bonds. The van der Waals surface area contributed by atoms with Crippen LogP contribution in [0, 0.1) is 33.1 Å². The molecular weight excluding hydrogens is 448 g/mol. The molecule has 0 atom stereocenters. The van der Waals surface area contributed by atoms with Crippen LogP contribution in [-0.4, -0.2) is 18.5 Å². The second-order valence-electron chi connectivity index (χ2n) is 7.79. The Labute approximate surface area is 183 Å². The van der Waals surface area contributed by atoms with E-state index in [2.05, 4.69) is 75.3 Å². The van der Waals surface area contributed by atoms with Gasteiger partial charge in [0, 0.05) is 5.41 Å². The Morgan fingerprint density at radius 2 is 1.24 bits per heavy atom. The molecule has 2 rings (SSSR count). The van der Waals surface area contributed by atoms with Gasteiger partial charge in [0.05, 0.1) is 0 Å². The fraction of sp³-hybridized carbons (Fsp3) is 0.571. The second kappa shape index (κ2) is 10.4. The van der Waals surface area contributed by atoms with Gasteiger partial charge in [-0.3, -0.25) is 0 Å². The minimum atomic E-state index is -6.09. The van der Waals surface area contributed by atoms with Crippen LogP contribution in [0.2, 0.25) is 0 Å². The summed E-state index contributed by atoms with van der Waals surface area (Å²) in [5.41, 5.74) is 6.47. The van der Waals surface area contributed by atoms with Crippen molar-refractivity contribution in [2.75, 3.05) is 0 Å². The zero-order chi connectivity index (χ0) is 22.8. The first-order chi connectivity index (χ1) is 12.3. The summed E-state index contributed by atoms with van der Waals surface area (Å²) in [6.07, 6.45) is 0. The Morgan fingerprint density at radius 3 is 1.31 bits per heavy atom. The first-order valence-corrected chi connectivity index (χ1v) is 10.3. The molecule has 0 saturated heterocycles. The molecule has 3 nitrogen and oxygen atoms in total. The van der Waals surface area contributed by atoms with Crippen molar-refractivity contribution >= 4 is 10.1 Å². The Kier molecular flexibility index (Phi) is 10.8. The zero-order valence-corrected chi connectivity index (χ0v) is 20.5. The largest absolute Gasteiger partial charge is 2.00 e. The summed E-state index contributed by atoms with van der Waals surface area (Å²) in [4.78, 5) is 0. The molecule has 0 aliphatic heterocycles. The number of allylic oxidation sites excluding steroid dienone is 4. The summed E-state index contributed by atoms with van der Waals surface area (Å²) in [5.74, 6) is 0. The van der Waals surface area contributed by atoms with Gasteiger partial charge in [-0.25, -0.2) is 14.5 Å². The number of aryl methyl sites for hydroxylation is 2. The van der Waals surface area contributed by atoms with Crippen molar-refractivity contribution < 1.29 is 42.9 Å². The van der Waals surface area contributed by atoms with Crippen LogP contribution in [0.25, 0.3) is 0 Å². The van der Waals surface area contributed by atoms with Gasteiger partial charge in [-0.05, 0) is 38.8 Å². The molecule has 1 aliphatic rings. The minimum Gasteiger partial charge on any atom is -0.741 e. The molecule has 0 fully saturated rings. The third-order valence-electron chi connectivity index (χ3n) is 6.02. The Bertz CT molecular complexity index is 839. The third kappa shape index (κ3) is 7.34. The molecule has 1 radical (unpaired) electrons. The van der Waals surface area contributed by atoms with Crippen molar-refractivity contribution in [3.05, 3.63) is 50.6 Å². The van der Waals surface area contributed by atoms with E-state index in [9.17, 15) is 13.2 Å². The minimum absolute atomic E-state index is 0. The maximum Gasteiger partial charge on any atom is 2.00 e. The average Bonchev–Trinajstić information content (AvgIpc) is 2.83. The normalized spacial score (nSPS) is 15.9. The summed E-state index contributed by atoms with van der Waals surface area (Å²) in [6, 6.07) is 2.24. The van der Waals surface area contributed by atoms with E-state index in [-0.39, 0.29) is 16.8 Å². The molecule has 0 unspecified atom stereocenters. The molecule has 1 aromatic rings. The van der Waals surface area contributed by atoms with Crippen molar-refractivity contribution in [1.82, 2.24) is 0 Å². The van der Waals surface area contributed by atoms with Gasteiger partial charge in [0.1, 0.15) is 0 Å². The van der Waals surface area contributed by atoms with Crippen LogP contribution < -0.4 is 0 Å². The van der Waals surface area contributed by atoms with E-state index in [0.29, 0.717) is 5.41 Å². The van der Waals surface area contributed by atoms with Gasteiger partial charge in [-0.1, -0.05) is 52.7 Å². The molecule has 1 aromatic carbocycles. The van der Waals surface area contributed by atoms with Gasteiger partial charge < -0.3 is 4.55 Å². The number of alkyl halides is 3. The monoisotopic (exact) mass is 479 g/mol. The summed E-state index contributed by atoms with van der Waals surface area (Å²) >= 11 is 0. The first-order valence-electron chi connectivity index (χ1n) is 8.85. The number of rotatable bonds is 0. The van der Waals surface area contributed by atoms with Crippen molar-refractivity contribution in [3.63, 3.8) is 0 Å². The first kappa shape index (κ1) is 30.2. The maximum absolute atomic E-state index is 10.7. The quantitative estimate of drug-likeness (QED) is 0.246. The van der Waals surface area contributed by atoms with E-state index in [4.69, 9.17) is 13.0 Å². The summed E-state index contributed by atoms with van der Waals surface area (Å²) in [7, 11) is -6.09. The van der Waals surface area contributed by atoms with Crippen LogP contribution >= 0.6 is 0 Å². The zero-order valence-electron chi connectivity index (χ0n) is 18.7. The van der Waals surface area contributed by atoms with Crippen LogP contribution in [0.1, 0.15) is 63.8 Å². The Hall–Kier alpha value is -0.964. The van der Waals surface area contributed by atoms with E-state index in [1.165, 1.54) is 44.5 Å². The van der Waals surface area contributed by atoms with Gasteiger partial charge in [0.25, 0.3) is 0 Å². The van der Waals surface area contributed by atoms with Gasteiger partial charge in [0.2, 0.25) is 0 Å². The molecule has 1 aliphatic carbocycles. The average molecular weight is 479 g/mol. The fourth-order valence-corrected chi connectivity index (χ4v) is 2.91. The molecule has 8 heteroatoms. The van der Waals surface area contributed by atoms with Gasteiger partial charge in [0.15, 0.2) is 10.1 Å². The summed E-state index contributed by atoms with van der Waals surface area (Å²) in [5, 5.41) is 0. The standard InChI is InChI=1S/C11H18.C9H13.CHF3O3S.Co/c1-7-8(2)10(4)11(5,6)9(7)3;1-6-5-7(2)9(4)8(6)3;2-1(3,4)8(5,6)7;/h1-6H3;5H,1-4H3;(H,5,6,7);/q;-1;;+2/p-1. The predicted molar refractivity (Wildman–Crippen MR) is 107 cm³/mol. The topological polar surface area (TPSA) is 57.2 Å². The molecular formula is C21H31CoF3O3S. The fourth-order valence-electron chi connectivity index (χ4n) is 2.91. The third-order valence-corrected chi connectivity index (χ3v) is 6.59. The van der Waals surface area contributed by atoms with Crippen LogP contribution in [0.4, 0.5) is 13.2 Å². The smallest absolute Gasteiger partial charge is 0.741 e. The van der Waals surface area contributed by atoms with E-state index >= 15 is 0 Å². The van der Waals surface area contributed by atoms with Crippen molar-refractivity contribution in [1.29, 1.82) is 0 Å². The van der Waals surface area contributed by atoms with Crippen LogP contribution in [-0.2, 0) is 26.9 Å². The van der Waals surface area contributed by atoms with Crippen molar-refractivity contribution in [3.8, 4) is 0 Å². The molecule has 0 N–H and O–H groups in total. The SMILES string of the molecule is CC1=C(C)C(C)(C)C(C)=C1C.Cc1cc(C)[c-](C)c1C.O=S(=O)([O-])C(F)(F)F.[Co+2]. The summed E-state index contributed by atoms with van der Waals surface area (Å²) < 4.78 is 58.9.